The Bertz CT molecular complexity index is 1050. The van der Waals surface area contributed by atoms with Crippen molar-refractivity contribution in [2.45, 2.75) is 31.2 Å². The Labute approximate surface area is 186 Å². The van der Waals surface area contributed by atoms with E-state index >= 15 is 0 Å². The molecule has 0 bridgehead atoms. The summed E-state index contributed by atoms with van der Waals surface area (Å²) >= 11 is 0. The summed E-state index contributed by atoms with van der Waals surface area (Å²) in [5.41, 5.74) is 4.52. The van der Waals surface area contributed by atoms with Crippen LogP contribution in [0.2, 0.25) is 0 Å². The van der Waals surface area contributed by atoms with Gasteiger partial charge in [-0.1, -0.05) is 67.3 Å². The number of alkyl carbamates (subject to hydrolysis) is 1. The first-order valence-electron chi connectivity index (χ1n) is 10.6. The summed E-state index contributed by atoms with van der Waals surface area (Å²) < 4.78 is 5.54. The fraction of sp³-hybridized carbons (Fsp3) is 0.320. The van der Waals surface area contributed by atoms with Crippen LogP contribution in [0.1, 0.15) is 36.3 Å². The SMILES string of the molecule is O=C(O)C#CCNC(=O)[C@H](CC1CC1)NC(=O)OCC1c2ccccc2-c2ccccc21. The number of nitrogens with one attached hydrogen (secondary N) is 2. The van der Waals surface area contributed by atoms with Crippen LogP contribution in [0, 0.1) is 17.8 Å². The van der Waals surface area contributed by atoms with E-state index in [4.69, 9.17) is 9.84 Å². The van der Waals surface area contributed by atoms with Gasteiger partial charge in [-0.15, -0.1) is 0 Å². The lowest BCUT2D eigenvalue weighted by molar-refractivity contribution is -0.130. The minimum absolute atomic E-state index is 0.0600. The monoisotopic (exact) mass is 432 g/mol. The molecule has 0 radical (unpaired) electrons. The zero-order chi connectivity index (χ0) is 22.5. The van der Waals surface area contributed by atoms with Gasteiger partial charge in [0.25, 0.3) is 0 Å². The highest BCUT2D eigenvalue weighted by Crippen LogP contribution is 2.44. The highest BCUT2D eigenvalue weighted by molar-refractivity contribution is 5.87. The second-order valence-electron chi connectivity index (χ2n) is 8.03. The van der Waals surface area contributed by atoms with Gasteiger partial charge < -0.3 is 20.5 Å². The summed E-state index contributed by atoms with van der Waals surface area (Å²) in [6.45, 7) is 0.0698. The summed E-state index contributed by atoms with van der Waals surface area (Å²) in [7, 11) is 0. The van der Waals surface area contributed by atoms with Gasteiger partial charge in [0, 0.05) is 11.8 Å². The quantitative estimate of drug-likeness (QED) is 0.584. The molecule has 2 aliphatic rings. The van der Waals surface area contributed by atoms with Crippen molar-refractivity contribution in [3.63, 3.8) is 0 Å². The van der Waals surface area contributed by atoms with Gasteiger partial charge in [0.05, 0.1) is 6.54 Å². The normalized spacial score (nSPS) is 14.9. The van der Waals surface area contributed by atoms with Gasteiger partial charge in [0.1, 0.15) is 12.6 Å². The lowest BCUT2D eigenvalue weighted by Crippen LogP contribution is -2.47. The number of carbonyl (C=O) groups excluding carboxylic acids is 2. The van der Waals surface area contributed by atoms with Crippen LogP contribution in [0.3, 0.4) is 0 Å². The van der Waals surface area contributed by atoms with Crippen molar-refractivity contribution >= 4 is 18.0 Å². The number of carbonyl (C=O) groups is 3. The topological polar surface area (TPSA) is 105 Å². The summed E-state index contributed by atoms with van der Waals surface area (Å²) in [5, 5.41) is 13.8. The first-order chi connectivity index (χ1) is 15.5. The molecule has 2 aliphatic carbocycles. The van der Waals surface area contributed by atoms with Crippen molar-refractivity contribution in [2.24, 2.45) is 5.92 Å². The Kier molecular flexibility index (Phi) is 6.41. The second-order valence-corrected chi connectivity index (χ2v) is 8.03. The molecule has 1 fully saturated rings. The van der Waals surface area contributed by atoms with Crippen LogP contribution in [0.25, 0.3) is 11.1 Å². The maximum Gasteiger partial charge on any atom is 0.407 e. The zero-order valence-corrected chi connectivity index (χ0v) is 17.5. The number of amides is 2. The van der Waals surface area contributed by atoms with E-state index in [1.54, 1.807) is 0 Å². The van der Waals surface area contributed by atoms with Crippen LogP contribution in [0.4, 0.5) is 4.79 Å². The van der Waals surface area contributed by atoms with E-state index in [2.05, 4.69) is 28.7 Å². The Hall–Kier alpha value is -3.79. The molecule has 2 aromatic carbocycles. The van der Waals surface area contributed by atoms with Crippen molar-refractivity contribution in [2.75, 3.05) is 13.2 Å². The lowest BCUT2D eigenvalue weighted by atomic mass is 9.98. The number of ether oxygens (including phenoxy) is 1. The molecule has 2 aromatic rings. The molecule has 0 heterocycles. The molecule has 7 heteroatoms. The van der Waals surface area contributed by atoms with E-state index in [9.17, 15) is 14.4 Å². The Morgan fingerprint density at radius 3 is 2.25 bits per heavy atom. The first-order valence-corrected chi connectivity index (χ1v) is 10.6. The highest BCUT2D eigenvalue weighted by atomic mass is 16.5. The molecule has 7 nitrogen and oxygen atoms in total. The maximum absolute atomic E-state index is 12.5. The number of rotatable bonds is 7. The standard InChI is InChI=1S/C25H24N2O5/c28-23(29)10-5-13-26-24(30)22(14-16-11-12-16)27-25(31)32-15-21-19-8-3-1-6-17(19)18-7-2-4-9-20(18)21/h1-4,6-9,16,21-22H,11-15H2,(H,26,30)(H,27,31)(H,28,29)/t22-/m0/s1. The molecule has 0 spiro atoms. The van der Waals surface area contributed by atoms with E-state index in [0.29, 0.717) is 12.3 Å². The molecule has 2 amide bonds. The average molecular weight is 432 g/mol. The molecule has 0 unspecified atom stereocenters. The van der Waals surface area contributed by atoms with Crippen molar-refractivity contribution < 1.29 is 24.2 Å². The van der Waals surface area contributed by atoms with E-state index in [0.717, 1.165) is 35.1 Å². The molecule has 4 rings (SSSR count). The third-order valence-electron chi connectivity index (χ3n) is 5.76. The summed E-state index contributed by atoms with van der Waals surface area (Å²) in [6.07, 6.45) is 1.91. The molecule has 0 aliphatic heterocycles. The molecule has 164 valence electrons. The van der Waals surface area contributed by atoms with Crippen molar-refractivity contribution in [3.8, 4) is 23.0 Å². The van der Waals surface area contributed by atoms with E-state index in [-0.39, 0.29) is 19.1 Å². The van der Waals surface area contributed by atoms with Crippen molar-refractivity contribution in [3.05, 3.63) is 59.7 Å². The van der Waals surface area contributed by atoms with E-state index < -0.39 is 24.0 Å². The smallest absolute Gasteiger partial charge is 0.407 e. The Morgan fingerprint density at radius 2 is 1.66 bits per heavy atom. The molecule has 0 aromatic heterocycles. The molecule has 3 N–H and O–H groups in total. The highest BCUT2D eigenvalue weighted by Gasteiger charge is 2.32. The van der Waals surface area contributed by atoms with Crippen LogP contribution >= 0.6 is 0 Å². The average Bonchev–Trinajstić information content (AvgIpc) is 3.55. The van der Waals surface area contributed by atoms with Gasteiger partial charge in [0.15, 0.2) is 0 Å². The molecule has 1 atom stereocenters. The molecule has 32 heavy (non-hydrogen) atoms. The van der Waals surface area contributed by atoms with Crippen LogP contribution < -0.4 is 10.6 Å². The summed E-state index contributed by atoms with van der Waals surface area (Å²) in [5.74, 6) is 2.97. The molecule has 0 saturated heterocycles. The zero-order valence-electron chi connectivity index (χ0n) is 17.5. The number of hydrogen-bond acceptors (Lipinski definition) is 4. The first kappa shape index (κ1) is 21.4. The van der Waals surface area contributed by atoms with E-state index in [1.165, 1.54) is 0 Å². The van der Waals surface area contributed by atoms with Gasteiger partial charge in [-0.2, -0.15) is 0 Å². The van der Waals surface area contributed by atoms with Gasteiger partial charge in [-0.25, -0.2) is 9.59 Å². The van der Waals surface area contributed by atoms with Gasteiger partial charge in [-0.3, -0.25) is 4.79 Å². The Balaban J connectivity index is 1.37. The van der Waals surface area contributed by atoms with Gasteiger partial charge in [0.2, 0.25) is 5.91 Å². The minimum Gasteiger partial charge on any atom is -0.472 e. The van der Waals surface area contributed by atoms with Crippen molar-refractivity contribution in [1.82, 2.24) is 10.6 Å². The predicted molar refractivity (Wildman–Crippen MR) is 118 cm³/mol. The fourth-order valence-corrected chi connectivity index (χ4v) is 4.08. The maximum atomic E-state index is 12.5. The number of fused-ring (bicyclic) bond motifs is 3. The number of carboxylic acid groups (broad SMARTS) is 1. The minimum atomic E-state index is -1.26. The van der Waals surface area contributed by atoms with Crippen LogP contribution in [-0.4, -0.2) is 42.3 Å². The molecular weight excluding hydrogens is 408 g/mol. The Morgan fingerprint density at radius 1 is 1.03 bits per heavy atom. The van der Waals surface area contributed by atoms with Gasteiger partial charge >= 0.3 is 12.1 Å². The number of hydrogen-bond donors (Lipinski definition) is 3. The third-order valence-corrected chi connectivity index (χ3v) is 5.76. The third kappa shape index (κ3) is 5.09. The van der Waals surface area contributed by atoms with Gasteiger partial charge in [-0.05, 0) is 34.6 Å². The largest absolute Gasteiger partial charge is 0.472 e. The fourth-order valence-electron chi connectivity index (χ4n) is 4.08. The molecule has 1 saturated carbocycles. The second kappa shape index (κ2) is 9.56. The van der Waals surface area contributed by atoms with E-state index in [1.807, 2.05) is 42.3 Å². The van der Waals surface area contributed by atoms with Crippen LogP contribution in [0.5, 0.6) is 0 Å². The predicted octanol–water partition coefficient (Wildman–Crippen LogP) is 2.90. The van der Waals surface area contributed by atoms with Crippen LogP contribution in [0.15, 0.2) is 48.5 Å². The molecular formula is C25H24N2O5. The summed E-state index contributed by atoms with van der Waals surface area (Å²) in [6, 6.07) is 15.4. The number of aliphatic carboxylic acids is 1. The number of benzene rings is 2. The summed E-state index contributed by atoms with van der Waals surface area (Å²) in [4.78, 5) is 35.5. The van der Waals surface area contributed by atoms with Crippen LogP contribution in [-0.2, 0) is 14.3 Å². The van der Waals surface area contributed by atoms with Crippen molar-refractivity contribution in [1.29, 1.82) is 0 Å². The lowest BCUT2D eigenvalue weighted by Gasteiger charge is -2.19. The number of carboxylic acids is 1.